The van der Waals surface area contributed by atoms with Crippen molar-refractivity contribution in [1.82, 2.24) is 5.32 Å². The number of rotatable bonds is 4. The first-order valence-electron chi connectivity index (χ1n) is 7.26. The van der Waals surface area contributed by atoms with Gasteiger partial charge in [0.05, 0.1) is 0 Å². The van der Waals surface area contributed by atoms with Crippen LogP contribution in [0.25, 0.3) is 0 Å². The number of halogens is 2. The van der Waals surface area contributed by atoms with Crippen molar-refractivity contribution in [2.24, 2.45) is 11.8 Å². The molecule has 1 aliphatic carbocycles. The van der Waals surface area contributed by atoms with E-state index in [9.17, 15) is 4.39 Å². The number of hydrogen-bond acceptors (Lipinski definition) is 1. The highest BCUT2D eigenvalue weighted by Crippen LogP contribution is 2.32. The van der Waals surface area contributed by atoms with Gasteiger partial charge in [-0.05, 0) is 67.8 Å². The molecule has 1 aromatic rings. The summed E-state index contributed by atoms with van der Waals surface area (Å²) < 4.78 is 14.3. The van der Waals surface area contributed by atoms with Crippen LogP contribution in [0.2, 0.25) is 0 Å². The van der Waals surface area contributed by atoms with Gasteiger partial charge in [0.25, 0.3) is 0 Å². The van der Waals surface area contributed by atoms with Gasteiger partial charge in [0.1, 0.15) is 5.82 Å². The minimum atomic E-state index is -0.145. The van der Waals surface area contributed by atoms with Gasteiger partial charge in [-0.3, -0.25) is 0 Å². The first kappa shape index (κ1) is 15.0. The van der Waals surface area contributed by atoms with Gasteiger partial charge in [0, 0.05) is 10.5 Å². The van der Waals surface area contributed by atoms with Gasteiger partial charge in [-0.2, -0.15) is 0 Å². The Kier molecular flexibility index (Phi) is 5.40. The lowest BCUT2D eigenvalue weighted by Crippen LogP contribution is -2.41. The molecule has 2 rings (SSSR count). The summed E-state index contributed by atoms with van der Waals surface area (Å²) in [6.45, 7) is 5.51. The van der Waals surface area contributed by atoms with Crippen molar-refractivity contribution in [3.05, 3.63) is 34.1 Å². The highest BCUT2D eigenvalue weighted by Gasteiger charge is 2.28. The van der Waals surface area contributed by atoms with E-state index in [0.29, 0.717) is 12.0 Å². The Hall–Kier alpha value is -0.410. The maximum atomic E-state index is 13.5. The Labute approximate surface area is 124 Å². The van der Waals surface area contributed by atoms with E-state index in [1.165, 1.54) is 25.3 Å². The predicted octanol–water partition coefficient (Wildman–Crippen LogP) is 4.55. The smallest absolute Gasteiger partial charge is 0.124 e. The summed E-state index contributed by atoms with van der Waals surface area (Å²) in [6.07, 6.45) is 4.77. The normalized spacial score (nSPS) is 27.5. The molecule has 3 unspecified atom stereocenters. The zero-order chi connectivity index (χ0) is 13.8. The highest BCUT2D eigenvalue weighted by atomic mass is 79.9. The summed E-state index contributed by atoms with van der Waals surface area (Å²) in [5.74, 6) is 1.27. The van der Waals surface area contributed by atoms with Crippen LogP contribution in [0.4, 0.5) is 4.39 Å². The summed E-state index contributed by atoms with van der Waals surface area (Å²) >= 11 is 3.38. The van der Waals surface area contributed by atoms with Gasteiger partial charge in [-0.25, -0.2) is 4.39 Å². The summed E-state index contributed by atoms with van der Waals surface area (Å²) in [5.41, 5.74) is 1.11. The molecule has 0 aliphatic heterocycles. The Balaban J connectivity index is 2.09. The van der Waals surface area contributed by atoms with Crippen molar-refractivity contribution in [3.8, 4) is 0 Å². The second-order valence-electron chi connectivity index (χ2n) is 5.82. The summed E-state index contributed by atoms with van der Waals surface area (Å²) in [7, 11) is 0. The number of nitrogens with one attached hydrogen (secondary N) is 1. The molecule has 0 heterocycles. The van der Waals surface area contributed by atoms with Crippen LogP contribution < -0.4 is 5.32 Å². The number of benzene rings is 1. The van der Waals surface area contributed by atoms with Crippen LogP contribution >= 0.6 is 15.9 Å². The van der Waals surface area contributed by atoms with Gasteiger partial charge >= 0.3 is 0 Å². The van der Waals surface area contributed by atoms with Crippen LogP contribution in [0.15, 0.2) is 22.7 Å². The molecule has 19 heavy (non-hydrogen) atoms. The molecule has 1 aromatic carbocycles. The van der Waals surface area contributed by atoms with Gasteiger partial charge in [0.2, 0.25) is 0 Å². The van der Waals surface area contributed by atoms with Gasteiger partial charge in [0.15, 0.2) is 0 Å². The molecule has 0 saturated heterocycles. The van der Waals surface area contributed by atoms with E-state index in [-0.39, 0.29) is 5.82 Å². The molecule has 1 nitrogen and oxygen atoms in total. The van der Waals surface area contributed by atoms with Crippen molar-refractivity contribution >= 4 is 15.9 Å². The first-order chi connectivity index (χ1) is 9.08. The van der Waals surface area contributed by atoms with Crippen LogP contribution in [0, 0.1) is 17.7 Å². The van der Waals surface area contributed by atoms with E-state index in [4.69, 9.17) is 0 Å². The van der Waals surface area contributed by atoms with Crippen LogP contribution in [0.3, 0.4) is 0 Å². The predicted molar refractivity (Wildman–Crippen MR) is 81.8 cm³/mol. The zero-order valence-electron chi connectivity index (χ0n) is 11.8. The Morgan fingerprint density at radius 2 is 2.11 bits per heavy atom. The average Bonchev–Trinajstić information content (AvgIpc) is 2.31. The van der Waals surface area contributed by atoms with E-state index >= 15 is 0 Å². The molecule has 3 atom stereocenters. The molecule has 3 heteroatoms. The quantitative estimate of drug-likeness (QED) is 0.855. The van der Waals surface area contributed by atoms with Crippen LogP contribution in [0.1, 0.15) is 38.7 Å². The lowest BCUT2D eigenvalue weighted by Gasteiger charge is -2.35. The lowest BCUT2D eigenvalue weighted by molar-refractivity contribution is 0.214. The fourth-order valence-electron chi connectivity index (χ4n) is 3.29. The van der Waals surface area contributed by atoms with Crippen molar-refractivity contribution < 1.29 is 4.39 Å². The standard InChI is InChI=1S/C16H23BrFN/c1-3-19-16-5-4-11(2)6-13(16)7-12-8-14(17)10-15(18)9-12/h8-11,13,16,19H,3-7H2,1-2H3. The van der Waals surface area contributed by atoms with Gasteiger partial charge < -0.3 is 5.32 Å². The topological polar surface area (TPSA) is 12.0 Å². The molecule has 1 aliphatic rings. The van der Waals surface area contributed by atoms with Crippen LogP contribution in [-0.4, -0.2) is 12.6 Å². The van der Waals surface area contributed by atoms with Gasteiger partial charge in [-0.15, -0.1) is 0 Å². The maximum absolute atomic E-state index is 13.5. The lowest BCUT2D eigenvalue weighted by atomic mass is 9.76. The SMILES string of the molecule is CCNC1CCC(C)CC1Cc1cc(F)cc(Br)c1. The molecule has 1 N–H and O–H groups in total. The van der Waals surface area contributed by atoms with E-state index < -0.39 is 0 Å². The third-order valence-corrected chi connectivity index (χ3v) is 4.59. The Morgan fingerprint density at radius 1 is 1.32 bits per heavy atom. The third-order valence-electron chi connectivity index (χ3n) is 4.13. The fourth-order valence-corrected chi connectivity index (χ4v) is 3.80. The molecule has 106 valence electrons. The summed E-state index contributed by atoms with van der Waals surface area (Å²) in [4.78, 5) is 0. The van der Waals surface area contributed by atoms with E-state index in [2.05, 4.69) is 35.1 Å². The monoisotopic (exact) mass is 327 g/mol. The van der Waals surface area contributed by atoms with Crippen LogP contribution in [0.5, 0.6) is 0 Å². The van der Waals surface area contributed by atoms with E-state index in [0.717, 1.165) is 28.9 Å². The van der Waals surface area contributed by atoms with Gasteiger partial charge in [-0.1, -0.05) is 29.8 Å². The molecule has 1 saturated carbocycles. The molecule has 0 amide bonds. The molecule has 0 radical (unpaired) electrons. The first-order valence-corrected chi connectivity index (χ1v) is 8.06. The molecule has 1 fully saturated rings. The average molecular weight is 328 g/mol. The van der Waals surface area contributed by atoms with Crippen molar-refractivity contribution in [3.63, 3.8) is 0 Å². The molecule has 0 spiro atoms. The Bertz CT molecular complexity index is 401. The second-order valence-corrected chi connectivity index (χ2v) is 6.74. The third kappa shape index (κ3) is 4.28. The Morgan fingerprint density at radius 3 is 2.79 bits per heavy atom. The minimum absolute atomic E-state index is 0.145. The van der Waals surface area contributed by atoms with Crippen LogP contribution in [-0.2, 0) is 6.42 Å². The second kappa shape index (κ2) is 6.85. The highest BCUT2D eigenvalue weighted by molar-refractivity contribution is 9.10. The van der Waals surface area contributed by atoms with Crippen molar-refractivity contribution in [2.45, 2.75) is 45.6 Å². The number of hydrogen-bond donors (Lipinski definition) is 1. The van der Waals surface area contributed by atoms with E-state index in [1.54, 1.807) is 6.07 Å². The zero-order valence-corrected chi connectivity index (χ0v) is 13.3. The summed E-state index contributed by atoms with van der Waals surface area (Å²) in [5, 5.41) is 3.60. The summed E-state index contributed by atoms with van der Waals surface area (Å²) in [6, 6.07) is 5.83. The van der Waals surface area contributed by atoms with E-state index in [1.807, 2.05) is 6.07 Å². The largest absolute Gasteiger partial charge is 0.314 e. The van der Waals surface area contributed by atoms with Crippen molar-refractivity contribution in [2.75, 3.05) is 6.54 Å². The molecular weight excluding hydrogens is 305 g/mol. The molecule has 0 aromatic heterocycles. The van der Waals surface area contributed by atoms with Crippen molar-refractivity contribution in [1.29, 1.82) is 0 Å². The maximum Gasteiger partial charge on any atom is 0.124 e. The molecule has 0 bridgehead atoms. The molecular formula is C16H23BrFN. The fraction of sp³-hybridized carbons (Fsp3) is 0.625. The minimum Gasteiger partial charge on any atom is -0.314 e.